The van der Waals surface area contributed by atoms with E-state index in [1.165, 1.54) is 0 Å². The molecule has 1 aliphatic rings. The molecular formula is C12H15N2O+. The van der Waals surface area contributed by atoms with Gasteiger partial charge in [0.1, 0.15) is 19.2 Å². The van der Waals surface area contributed by atoms with Crippen molar-refractivity contribution in [1.29, 1.82) is 0 Å². The standard InChI is InChI=1S/C12H15N2O/c1-9-8-12(15)14(3)11-7-5-4-6-10(11)13(9)2/h4-7H,8H2,1-3H3/q+1. The van der Waals surface area contributed by atoms with Gasteiger partial charge in [0.05, 0.1) is 0 Å². The number of nitrogens with zero attached hydrogens (tertiary/aromatic N) is 2. The number of rotatable bonds is 0. The maximum Gasteiger partial charge on any atom is 0.237 e. The normalized spacial score (nSPS) is 16.5. The first-order valence-electron chi connectivity index (χ1n) is 5.03. The van der Waals surface area contributed by atoms with Crippen LogP contribution in [0.1, 0.15) is 13.3 Å². The summed E-state index contributed by atoms with van der Waals surface area (Å²) in [6, 6.07) is 7.96. The minimum Gasteiger partial charge on any atom is -0.309 e. The Labute approximate surface area is 89.6 Å². The first-order valence-corrected chi connectivity index (χ1v) is 5.03. The average molecular weight is 203 g/mol. The quantitative estimate of drug-likeness (QED) is 0.590. The molecule has 0 bridgehead atoms. The largest absolute Gasteiger partial charge is 0.309 e. The lowest BCUT2D eigenvalue weighted by molar-refractivity contribution is -0.405. The molecule has 1 aliphatic heterocycles. The van der Waals surface area contributed by atoms with Crippen LogP contribution in [-0.2, 0) is 4.79 Å². The molecule has 1 amide bonds. The second-order valence-corrected chi connectivity index (χ2v) is 3.91. The summed E-state index contributed by atoms with van der Waals surface area (Å²) >= 11 is 0. The van der Waals surface area contributed by atoms with Crippen LogP contribution in [0.2, 0.25) is 0 Å². The predicted molar refractivity (Wildman–Crippen MR) is 61.0 cm³/mol. The maximum absolute atomic E-state index is 11.8. The van der Waals surface area contributed by atoms with Crippen molar-refractivity contribution in [1.82, 2.24) is 0 Å². The highest BCUT2D eigenvalue weighted by Gasteiger charge is 2.26. The Kier molecular flexibility index (Phi) is 2.31. The number of carbonyl (C=O) groups excluding carboxylic acids is 1. The van der Waals surface area contributed by atoms with E-state index in [1.54, 1.807) is 4.90 Å². The molecule has 0 aromatic heterocycles. The second kappa shape index (κ2) is 3.50. The zero-order valence-corrected chi connectivity index (χ0v) is 9.32. The number of hydrogen-bond donors (Lipinski definition) is 0. The van der Waals surface area contributed by atoms with Gasteiger partial charge >= 0.3 is 0 Å². The highest BCUT2D eigenvalue weighted by atomic mass is 16.2. The summed E-state index contributed by atoms with van der Waals surface area (Å²) in [6.07, 6.45) is 0.488. The third-order valence-electron chi connectivity index (χ3n) is 2.96. The molecule has 0 saturated heterocycles. The van der Waals surface area contributed by atoms with Crippen molar-refractivity contribution >= 4 is 23.0 Å². The van der Waals surface area contributed by atoms with E-state index in [1.807, 2.05) is 45.3 Å². The van der Waals surface area contributed by atoms with Gasteiger partial charge in [0.2, 0.25) is 11.6 Å². The highest BCUT2D eigenvalue weighted by molar-refractivity contribution is 6.07. The van der Waals surface area contributed by atoms with Crippen LogP contribution < -0.4 is 4.90 Å². The SMILES string of the molecule is CC1=[N+](C)c2ccccc2N(C)C(=O)C1. The Morgan fingerprint density at radius 1 is 1.33 bits per heavy atom. The van der Waals surface area contributed by atoms with Gasteiger partial charge in [0, 0.05) is 20.0 Å². The monoisotopic (exact) mass is 203 g/mol. The molecule has 3 nitrogen and oxygen atoms in total. The first-order chi connectivity index (χ1) is 7.11. The number of fused-ring (bicyclic) bond motifs is 1. The molecule has 0 fully saturated rings. The third-order valence-corrected chi connectivity index (χ3v) is 2.96. The fourth-order valence-corrected chi connectivity index (χ4v) is 1.83. The number of benzene rings is 1. The summed E-state index contributed by atoms with van der Waals surface area (Å²) in [5, 5.41) is 0. The van der Waals surface area contributed by atoms with E-state index in [2.05, 4.69) is 4.58 Å². The molecule has 2 rings (SSSR count). The molecule has 0 spiro atoms. The van der Waals surface area contributed by atoms with E-state index in [0.29, 0.717) is 6.42 Å². The van der Waals surface area contributed by atoms with Crippen molar-refractivity contribution in [2.75, 3.05) is 19.0 Å². The van der Waals surface area contributed by atoms with Crippen LogP contribution in [0.4, 0.5) is 11.4 Å². The van der Waals surface area contributed by atoms with E-state index in [9.17, 15) is 4.79 Å². The molecule has 3 heteroatoms. The molecule has 1 aromatic carbocycles. The van der Waals surface area contributed by atoms with Gasteiger partial charge in [-0.15, -0.1) is 0 Å². The maximum atomic E-state index is 11.8. The lowest BCUT2D eigenvalue weighted by Gasteiger charge is -2.14. The third kappa shape index (κ3) is 1.54. The van der Waals surface area contributed by atoms with Gasteiger partial charge in [0.15, 0.2) is 5.71 Å². The minimum absolute atomic E-state index is 0.143. The number of para-hydroxylation sites is 2. The summed E-state index contributed by atoms with van der Waals surface area (Å²) < 4.78 is 2.08. The van der Waals surface area contributed by atoms with Crippen LogP contribution in [0.25, 0.3) is 0 Å². The summed E-state index contributed by atoms with van der Waals surface area (Å²) in [6.45, 7) is 1.99. The van der Waals surface area contributed by atoms with Crippen molar-refractivity contribution < 1.29 is 9.37 Å². The van der Waals surface area contributed by atoms with Gasteiger partial charge in [0.25, 0.3) is 0 Å². The Bertz CT molecular complexity index is 449. The Morgan fingerprint density at radius 2 is 2.00 bits per heavy atom. The second-order valence-electron chi connectivity index (χ2n) is 3.91. The van der Waals surface area contributed by atoms with Crippen LogP contribution in [0.3, 0.4) is 0 Å². The lowest BCUT2D eigenvalue weighted by atomic mass is 10.2. The van der Waals surface area contributed by atoms with E-state index in [4.69, 9.17) is 0 Å². The summed E-state index contributed by atoms with van der Waals surface area (Å²) in [5.41, 5.74) is 3.14. The van der Waals surface area contributed by atoms with Crippen molar-refractivity contribution in [3.63, 3.8) is 0 Å². The van der Waals surface area contributed by atoms with Crippen molar-refractivity contribution in [3.05, 3.63) is 24.3 Å². The fourth-order valence-electron chi connectivity index (χ4n) is 1.83. The molecule has 0 aliphatic carbocycles. The first kappa shape index (κ1) is 9.90. The zero-order chi connectivity index (χ0) is 11.0. The molecule has 1 heterocycles. The minimum atomic E-state index is 0.143. The molecule has 0 unspecified atom stereocenters. The molecule has 15 heavy (non-hydrogen) atoms. The summed E-state index contributed by atoms with van der Waals surface area (Å²) in [4.78, 5) is 13.5. The molecule has 0 saturated carbocycles. The van der Waals surface area contributed by atoms with Gasteiger partial charge in [-0.2, -0.15) is 0 Å². The summed E-state index contributed by atoms with van der Waals surface area (Å²) in [7, 11) is 3.83. The Balaban J connectivity index is 2.67. The highest BCUT2D eigenvalue weighted by Crippen LogP contribution is 2.29. The topological polar surface area (TPSA) is 23.3 Å². The van der Waals surface area contributed by atoms with Crippen LogP contribution in [0.15, 0.2) is 24.3 Å². The Hall–Kier alpha value is -1.64. The van der Waals surface area contributed by atoms with Crippen LogP contribution in [0.5, 0.6) is 0 Å². The molecule has 0 N–H and O–H groups in total. The van der Waals surface area contributed by atoms with Gasteiger partial charge in [-0.25, -0.2) is 4.58 Å². The zero-order valence-electron chi connectivity index (χ0n) is 9.32. The van der Waals surface area contributed by atoms with E-state index in [0.717, 1.165) is 17.1 Å². The van der Waals surface area contributed by atoms with Gasteiger partial charge in [-0.1, -0.05) is 12.1 Å². The number of carbonyl (C=O) groups is 1. The van der Waals surface area contributed by atoms with Crippen LogP contribution >= 0.6 is 0 Å². The fraction of sp³-hybridized carbons (Fsp3) is 0.333. The van der Waals surface area contributed by atoms with Crippen LogP contribution in [0, 0.1) is 0 Å². The number of anilines is 1. The lowest BCUT2D eigenvalue weighted by Crippen LogP contribution is -2.26. The van der Waals surface area contributed by atoms with E-state index >= 15 is 0 Å². The predicted octanol–water partition coefficient (Wildman–Crippen LogP) is 1.79. The smallest absolute Gasteiger partial charge is 0.237 e. The average Bonchev–Trinajstić information content (AvgIpc) is 2.33. The van der Waals surface area contributed by atoms with Crippen molar-refractivity contribution in [2.24, 2.45) is 0 Å². The molecule has 1 aromatic rings. The van der Waals surface area contributed by atoms with E-state index in [-0.39, 0.29) is 5.91 Å². The number of amides is 1. The number of hydrogen-bond acceptors (Lipinski definition) is 1. The molecular weight excluding hydrogens is 188 g/mol. The van der Waals surface area contributed by atoms with Crippen molar-refractivity contribution in [3.8, 4) is 0 Å². The molecule has 0 atom stereocenters. The van der Waals surface area contributed by atoms with Crippen molar-refractivity contribution in [2.45, 2.75) is 13.3 Å². The van der Waals surface area contributed by atoms with Gasteiger partial charge in [-0.3, -0.25) is 4.79 Å². The van der Waals surface area contributed by atoms with Crippen LogP contribution in [-0.4, -0.2) is 30.3 Å². The Morgan fingerprint density at radius 3 is 2.73 bits per heavy atom. The summed E-state index contributed by atoms with van der Waals surface area (Å²) in [5.74, 6) is 0.143. The molecule has 78 valence electrons. The van der Waals surface area contributed by atoms with E-state index < -0.39 is 0 Å². The van der Waals surface area contributed by atoms with Gasteiger partial charge < -0.3 is 4.90 Å². The van der Waals surface area contributed by atoms with Gasteiger partial charge in [-0.05, 0) is 6.07 Å². The molecule has 0 radical (unpaired) electrons.